The van der Waals surface area contributed by atoms with Crippen molar-refractivity contribution in [2.24, 2.45) is 0 Å². The normalized spacial score (nSPS) is 20.0. The maximum Gasteiger partial charge on any atom is 0.0443 e. The first kappa shape index (κ1) is 11.7. The van der Waals surface area contributed by atoms with Gasteiger partial charge in [-0.15, -0.1) is 0 Å². The third kappa shape index (κ3) is 2.50. The van der Waals surface area contributed by atoms with E-state index in [9.17, 15) is 0 Å². The Labute approximate surface area is 102 Å². The lowest BCUT2D eigenvalue weighted by atomic mass is 10.1. The number of hydrogen-bond donors (Lipinski definition) is 1. The summed E-state index contributed by atoms with van der Waals surface area (Å²) in [5.41, 5.74) is 2.60. The molecule has 0 aromatic carbocycles. The molecule has 0 spiro atoms. The Balaban J connectivity index is 2.17. The molecule has 4 heteroatoms. The fourth-order valence-corrected chi connectivity index (χ4v) is 3.38. The van der Waals surface area contributed by atoms with E-state index >= 15 is 0 Å². The SMILES string of the molecule is CNCc1cnccc1N(C)C1CCSC1. The van der Waals surface area contributed by atoms with Crippen LogP contribution in [0, 0.1) is 0 Å². The van der Waals surface area contributed by atoms with Crippen LogP contribution in [0.3, 0.4) is 0 Å². The highest BCUT2D eigenvalue weighted by atomic mass is 32.2. The second-order valence-corrected chi connectivity index (χ2v) is 5.31. The van der Waals surface area contributed by atoms with E-state index in [2.05, 4.69) is 40.1 Å². The van der Waals surface area contributed by atoms with Crippen molar-refractivity contribution in [3.63, 3.8) is 0 Å². The summed E-state index contributed by atoms with van der Waals surface area (Å²) in [6.45, 7) is 0.882. The van der Waals surface area contributed by atoms with Gasteiger partial charge in [-0.3, -0.25) is 4.98 Å². The minimum Gasteiger partial charge on any atom is -0.370 e. The monoisotopic (exact) mass is 237 g/mol. The van der Waals surface area contributed by atoms with Crippen LogP contribution in [0.2, 0.25) is 0 Å². The van der Waals surface area contributed by atoms with E-state index in [1.165, 1.54) is 29.2 Å². The molecule has 1 aliphatic heterocycles. The molecule has 1 aliphatic rings. The Morgan fingerprint density at radius 1 is 1.62 bits per heavy atom. The molecule has 1 fully saturated rings. The van der Waals surface area contributed by atoms with Gasteiger partial charge < -0.3 is 10.2 Å². The van der Waals surface area contributed by atoms with Crippen molar-refractivity contribution in [3.8, 4) is 0 Å². The van der Waals surface area contributed by atoms with Crippen LogP contribution in [-0.2, 0) is 6.54 Å². The zero-order chi connectivity index (χ0) is 11.4. The Morgan fingerprint density at radius 3 is 3.19 bits per heavy atom. The van der Waals surface area contributed by atoms with E-state index in [1.807, 2.05) is 19.4 Å². The van der Waals surface area contributed by atoms with Crippen molar-refractivity contribution in [1.29, 1.82) is 0 Å². The highest BCUT2D eigenvalue weighted by Crippen LogP contribution is 2.27. The number of hydrogen-bond acceptors (Lipinski definition) is 4. The van der Waals surface area contributed by atoms with Gasteiger partial charge >= 0.3 is 0 Å². The molecule has 88 valence electrons. The molecular formula is C12H19N3S. The summed E-state index contributed by atoms with van der Waals surface area (Å²) in [6.07, 6.45) is 5.14. The first-order valence-corrected chi connectivity index (χ1v) is 6.86. The number of pyridine rings is 1. The second-order valence-electron chi connectivity index (χ2n) is 4.16. The first-order valence-electron chi connectivity index (χ1n) is 5.71. The number of nitrogens with zero attached hydrogens (tertiary/aromatic N) is 2. The van der Waals surface area contributed by atoms with E-state index in [0.29, 0.717) is 6.04 Å². The molecule has 0 aliphatic carbocycles. The number of rotatable bonds is 4. The predicted octanol–water partition coefficient (Wildman–Crippen LogP) is 1.74. The molecule has 16 heavy (non-hydrogen) atoms. The van der Waals surface area contributed by atoms with Crippen molar-refractivity contribution in [3.05, 3.63) is 24.0 Å². The summed E-state index contributed by atoms with van der Waals surface area (Å²) < 4.78 is 0. The summed E-state index contributed by atoms with van der Waals surface area (Å²) >= 11 is 2.05. The Kier molecular flexibility index (Phi) is 4.07. The highest BCUT2D eigenvalue weighted by molar-refractivity contribution is 7.99. The van der Waals surface area contributed by atoms with E-state index in [0.717, 1.165) is 6.54 Å². The van der Waals surface area contributed by atoms with Crippen molar-refractivity contribution < 1.29 is 0 Å². The third-order valence-electron chi connectivity index (χ3n) is 3.08. The van der Waals surface area contributed by atoms with E-state index in [-0.39, 0.29) is 0 Å². The van der Waals surface area contributed by atoms with E-state index in [1.54, 1.807) is 0 Å². The fourth-order valence-electron chi connectivity index (χ4n) is 2.11. The number of anilines is 1. The minimum absolute atomic E-state index is 0.683. The fraction of sp³-hybridized carbons (Fsp3) is 0.583. The second kappa shape index (κ2) is 5.55. The van der Waals surface area contributed by atoms with Crippen molar-refractivity contribution >= 4 is 17.4 Å². The smallest absolute Gasteiger partial charge is 0.0443 e. The average molecular weight is 237 g/mol. The van der Waals surface area contributed by atoms with Gasteiger partial charge in [0.05, 0.1) is 0 Å². The number of thioether (sulfide) groups is 1. The molecule has 1 aromatic heterocycles. The van der Waals surface area contributed by atoms with Crippen molar-refractivity contribution in [1.82, 2.24) is 10.3 Å². The standard InChI is InChI=1S/C12H19N3S/c1-13-7-10-8-14-5-3-12(10)15(2)11-4-6-16-9-11/h3,5,8,11,13H,4,6-7,9H2,1-2H3. The molecule has 1 unspecified atom stereocenters. The molecule has 0 radical (unpaired) electrons. The maximum absolute atomic E-state index is 4.20. The van der Waals surface area contributed by atoms with E-state index < -0.39 is 0 Å². The van der Waals surface area contributed by atoms with Gasteiger partial charge in [0.25, 0.3) is 0 Å². The van der Waals surface area contributed by atoms with Crippen LogP contribution in [0.4, 0.5) is 5.69 Å². The molecule has 0 amide bonds. The Hall–Kier alpha value is -0.740. The van der Waals surface area contributed by atoms with Gasteiger partial charge in [0.2, 0.25) is 0 Å². The van der Waals surface area contributed by atoms with Crippen molar-refractivity contribution in [2.75, 3.05) is 30.5 Å². The van der Waals surface area contributed by atoms with Crippen LogP contribution >= 0.6 is 11.8 Å². The largest absolute Gasteiger partial charge is 0.370 e. The number of aromatic nitrogens is 1. The van der Waals surface area contributed by atoms with Gasteiger partial charge in [0.1, 0.15) is 0 Å². The summed E-state index contributed by atoms with van der Waals surface area (Å²) in [6, 6.07) is 2.80. The summed E-state index contributed by atoms with van der Waals surface area (Å²) in [5, 5.41) is 3.20. The minimum atomic E-state index is 0.683. The molecule has 2 rings (SSSR count). The van der Waals surface area contributed by atoms with Crippen LogP contribution in [0.1, 0.15) is 12.0 Å². The molecule has 1 atom stereocenters. The molecule has 3 nitrogen and oxygen atoms in total. The molecule has 0 bridgehead atoms. The predicted molar refractivity (Wildman–Crippen MR) is 71.1 cm³/mol. The molecule has 1 saturated heterocycles. The van der Waals surface area contributed by atoms with E-state index in [4.69, 9.17) is 0 Å². The molecule has 2 heterocycles. The molecule has 1 aromatic rings. The van der Waals surface area contributed by atoms with Crippen LogP contribution < -0.4 is 10.2 Å². The van der Waals surface area contributed by atoms with Gasteiger partial charge in [0, 0.05) is 49.0 Å². The number of nitrogens with one attached hydrogen (secondary N) is 1. The zero-order valence-corrected chi connectivity index (χ0v) is 10.8. The average Bonchev–Trinajstić information content (AvgIpc) is 2.83. The summed E-state index contributed by atoms with van der Waals surface area (Å²) in [7, 11) is 4.17. The summed E-state index contributed by atoms with van der Waals surface area (Å²) in [5.74, 6) is 2.54. The van der Waals surface area contributed by atoms with Gasteiger partial charge in [-0.1, -0.05) is 0 Å². The van der Waals surface area contributed by atoms with Crippen LogP contribution in [-0.4, -0.2) is 36.6 Å². The van der Waals surface area contributed by atoms with Crippen LogP contribution in [0.15, 0.2) is 18.5 Å². The third-order valence-corrected chi connectivity index (χ3v) is 4.22. The summed E-state index contributed by atoms with van der Waals surface area (Å²) in [4.78, 5) is 6.61. The van der Waals surface area contributed by atoms with Crippen molar-refractivity contribution in [2.45, 2.75) is 19.0 Å². The zero-order valence-electron chi connectivity index (χ0n) is 9.94. The lowest BCUT2D eigenvalue weighted by Crippen LogP contribution is -2.32. The van der Waals surface area contributed by atoms with Crippen LogP contribution in [0.25, 0.3) is 0 Å². The first-order chi connectivity index (χ1) is 7.83. The lowest BCUT2D eigenvalue weighted by molar-refractivity contribution is 0.691. The Bertz CT molecular complexity index is 337. The Morgan fingerprint density at radius 2 is 2.50 bits per heavy atom. The highest BCUT2D eigenvalue weighted by Gasteiger charge is 2.21. The lowest BCUT2D eigenvalue weighted by Gasteiger charge is -2.28. The van der Waals surface area contributed by atoms with Gasteiger partial charge in [0.15, 0.2) is 0 Å². The molecule has 0 saturated carbocycles. The van der Waals surface area contributed by atoms with Gasteiger partial charge in [-0.05, 0) is 25.3 Å². The maximum atomic E-state index is 4.20. The molecular weight excluding hydrogens is 218 g/mol. The topological polar surface area (TPSA) is 28.2 Å². The quantitative estimate of drug-likeness (QED) is 0.863. The molecule has 1 N–H and O–H groups in total. The van der Waals surface area contributed by atoms with Crippen LogP contribution in [0.5, 0.6) is 0 Å². The van der Waals surface area contributed by atoms with Gasteiger partial charge in [-0.2, -0.15) is 11.8 Å². The van der Waals surface area contributed by atoms with Gasteiger partial charge in [-0.25, -0.2) is 0 Å².